The third kappa shape index (κ3) is 4.94. The van der Waals surface area contributed by atoms with Gasteiger partial charge < -0.3 is 9.84 Å². The molecule has 0 heterocycles. The van der Waals surface area contributed by atoms with Gasteiger partial charge in [0, 0.05) is 12.6 Å². The van der Waals surface area contributed by atoms with Gasteiger partial charge in [-0.3, -0.25) is 4.90 Å². The summed E-state index contributed by atoms with van der Waals surface area (Å²) < 4.78 is 5.57. The van der Waals surface area contributed by atoms with E-state index in [-0.39, 0.29) is 18.2 Å². The number of ether oxygens (including phenoxy) is 1. The third-order valence-corrected chi connectivity index (χ3v) is 3.78. The second kappa shape index (κ2) is 6.17. The average Bonchev–Trinajstić information content (AvgIpc) is 2.21. The molecule has 0 aromatic heterocycles. The van der Waals surface area contributed by atoms with E-state index in [0.29, 0.717) is 5.41 Å². The van der Waals surface area contributed by atoms with Gasteiger partial charge in [0.05, 0.1) is 18.8 Å². The fraction of sp³-hybridized carbons (Fsp3) is 1.00. The van der Waals surface area contributed by atoms with Crippen LogP contribution < -0.4 is 0 Å². The second-order valence-electron chi connectivity index (χ2n) is 6.44. The first-order chi connectivity index (χ1) is 7.82. The van der Waals surface area contributed by atoms with Crippen molar-refractivity contribution >= 4 is 0 Å². The van der Waals surface area contributed by atoms with Gasteiger partial charge in [0.2, 0.25) is 0 Å². The molecule has 1 fully saturated rings. The molecule has 2 unspecified atom stereocenters. The zero-order valence-electron chi connectivity index (χ0n) is 12.1. The molecule has 0 spiro atoms. The van der Waals surface area contributed by atoms with E-state index >= 15 is 0 Å². The van der Waals surface area contributed by atoms with E-state index < -0.39 is 0 Å². The van der Waals surface area contributed by atoms with Crippen LogP contribution in [0.5, 0.6) is 0 Å². The minimum atomic E-state index is -0.174. The summed E-state index contributed by atoms with van der Waals surface area (Å²) in [5, 5.41) is 10.1. The molecule has 0 aliphatic heterocycles. The largest absolute Gasteiger partial charge is 0.391 e. The predicted molar refractivity (Wildman–Crippen MR) is 71.1 cm³/mol. The van der Waals surface area contributed by atoms with Gasteiger partial charge in [-0.1, -0.05) is 13.8 Å². The van der Waals surface area contributed by atoms with Crippen LogP contribution in [0, 0.1) is 5.41 Å². The summed E-state index contributed by atoms with van der Waals surface area (Å²) in [6.07, 6.45) is 3.24. The van der Waals surface area contributed by atoms with Crippen molar-refractivity contribution in [3.05, 3.63) is 0 Å². The number of likely N-dealkylation sites (N-methyl/N-ethyl adjacent to an activating group) is 1. The lowest BCUT2D eigenvalue weighted by atomic mass is 9.73. The molecular formula is C14H29NO2. The van der Waals surface area contributed by atoms with Crippen LogP contribution >= 0.6 is 0 Å². The topological polar surface area (TPSA) is 32.7 Å². The maximum Gasteiger partial charge on any atom is 0.0695 e. The maximum absolute atomic E-state index is 10.1. The molecule has 1 aliphatic rings. The lowest BCUT2D eigenvalue weighted by Gasteiger charge is -2.42. The molecule has 3 heteroatoms. The molecule has 0 bridgehead atoms. The van der Waals surface area contributed by atoms with E-state index in [4.69, 9.17) is 4.74 Å². The molecule has 17 heavy (non-hydrogen) atoms. The fourth-order valence-electron chi connectivity index (χ4n) is 2.58. The first-order valence-corrected chi connectivity index (χ1v) is 6.82. The van der Waals surface area contributed by atoms with Crippen LogP contribution in [0.2, 0.25) is 0 Å². The van der Waals surface area contributed by atoms with Crippen molar-refractivity contribution in [2.24, 2.45) is 5.41 Å². The zero-order valence-corrected chi connectivity index (χ0v) is 12.1. The molecule has 0 amide bonds. The Morgan fingerprint density at radius 3 is 2.65 bits per heavy atom. The van der Waals surface area contributed by atoms with E-state index in [1.54, 1.807) is 0 Å². The van der Waals surface area contributed by atoms with Gasteiger partial charge in [-0.25, -0.2) is 0 Å². The van der Waals surface area contributed by atoms with Gasteiger partial charge in [0.25, 0.3) is 0 Å². The fourth-order valence-corrected chi connectivity index (χ4v) is 2.58. The van der Waals surface area contributed by atoms with Crippen LogP contribution in [0.4, 0.5) is 0 Å². The van der Waals surface area contributed by atoms with Gasteiger partial charge in [0.15, 0.2) is 0 Å². The Morgan fingerprint density at radius 2 is 2.06 bits per heavy atom. The molecule has 0 aromatic carbocycles. The quantitative estimate of drug-likeness (QED) is 0.804. The van der Waals surface area contributed by atoms with Gasteiger partial charge in [-0.05, 0) is 45.6 Å². The highest BCUT2D eigenvalue weighted by Gasteiger charge is 2.35. The summed E-state index contributed by atoms with van der Waals surface area (Å²) in [5.41, 5.74) is 0.358. The minimum Gasteiger partial charge on any atom is -0.391 e. The van der Waals surface area contributed by atoms with E-state index in [0.717, 1.165) is 32.4 Å². The van der Waals surface area contributed by atoms with Crippen LogP contribution in [0.25, 0.3) is 0 Å². The van der Waals surface area contributed by atoms with Gasteiger partial charge in [-0.15, -0.1) is 0 Å². The molecule has 2 atom stereocenters. The molecule has 1 saturated carbocycles. The predicted octanol–water partition coefficient (Wildman–Crippen LogP) is 2.28. The first-order valence-electron chi connectivity index (χ1n) is 6.82. The zero-order chi connectivity index (χ0) is 13.1. The Bertz CT molecular complexity index is 228. The Morgan fingerprint density at radius 1 is 1.41 bits per heavy atom. The lowest BCUT2D eigenvalue weighted by Crippen LogP contribution is -2.48. The number of aliphatic hydroxyl groups excluding tert-OH is 1. The summed E-state index contributed by atoms with van der Waals surface area (Å²) in [4.78, 5) is 2.26. The molecule has 1 N–H and O–H groups in total. The lowest BCUT2D eigenvalue weighted by molar-refractivity contribution is -0.0214. The normalized spacial score (nSPS) is 28.9. The van der Waals surface area contributed by atoms with Crippen LogP contribution in [0.15, 0.2) is 0 Å². The second-order valence-corrected chi connectivity index (χ2v) is 6.44. The molecule has 102 valence electrons. The number of hydrogen-bond donors (Lipinski definition) is 1. The summed E-state index contributed by atoms with van der Waals surface area (Å²) in [6.45, 7) is 10.3. The van der Waals surface area contributed by atoms with Crippen LogP contribution in [-0.4, -0.2) is 48.5 Å². The Kier molecular flexibility index (Phi) is 5.42. The number of nitrogens with zero attached hydrogens (tertiary/aromatic N) is 1. The smallest absolute Gasteiger partial charge is 0.0695 e. The van der Waals surface area contributed by atoms with E-state index in [9.17, 15) is 5.11 Å². The Hall–Kier alpha value is -0.120. The number of aliphatic hydroxyl groups is 1. The van der Waals surface area contributed by atoms with Crippen LogP contribution in [-0.2, 0) is 4.74 Å². The van der Waals surface area contributed by atoms with Crippen molar-refractivity contribution < 1.29 is 9.84 Å². The van der Waals surface area contributed by atoms with E-state index in [2.05, 4.69) is 39.6 Å². The molecule has 3 nitrogen and oxygen atoms in total. The van der Waals surface area contributed by atoms with Crippen molar-refractivity contribution in [1.29, 1.82) is 0 Å². The summed E-state index contributed by atoms with van der Waals surface area (Å²) in [7, 11) is 2.10. The minimum absolute atomic E-state index is 0.174. The van der Waals surface area contributed by atoms with Crippen LogP contribution in [0.1, 0.15) is 47.0 Å². The van der Waals surface area contributed by atoms with Crippen LogP contribution in [0.3, 0.4) is 0 Å². The summed E-state index contributed by atoms with van der Waals surface area (Å²) in [5.74, 6) is 0. The summed E-state index contributed by atoms with van der Waals surface area (Å²) >= 11 is 0. The molecule has 0 saturated heterocycles. The van der Waals surface area contributed by atoms with Crippen molar-refractivity contribution in [3.8, 4) is 0 Å². The maximum atomic E-state index is 10.1. The highest BCUT2D eigenvalue weighted by atomic mass is 16.5. The molecule has 1 rings (SSSR count). The monoisotopic (exact) mass is 243 g/mol. The standard InChI is InChI=1S/C14H29NO2/c1-11(2)17-9-8-15(5)12-10-14(3,4)7-6-13(12)16/h11-13,16H,6-10H2,1-5H3. The summed E-state index contributed by atoms with van der Waals surface area (Å²) in [6, 6.07) is 0.287. The van der Waals surface area contributed by atoms with Crippen molar-refractivity contribution in [1.82, 2.24) is 4.90 Å². The molecule has 1 aliphatic carbocycles. The van der Waals surface area contributed by atoms with E-state index in [1.165, 1.54) is 0 Å². The van der Waals surface area contributed by atoms with E-state index in [1.807, 2.05) is 0 Å². The molecule has 0 aromatic rings. The first kappa shape index (κ1) is 14.9. The average molecular weight is 243 g/mol. The van der Waals surface area contributed by atoms with Crippen molar-refractivity contribution in [2.75, 3.05) is 20.2 Å². The SMILES string of the molecule is CC(C)OCCN(C)C1CC(C)(C)CCC1O. The van der Waals surface area contributed by atoms with Crippen molar-refractivity contribution in [2.45, 2.75) is 65.2 Å². The van der Waals surface area contributed by atoms with Crippen molar-refractivity contribution in [3.63, 3.8) is 0 Å². The van der Waals surface area contributed by atoms with Gasteiger partial charge in [0.1, 0.15) is 0 Å². The molecule has 0 radical (unpaired) electrons. The third-order valence-electron chi connectivity index (χ3n) is 3.78. The Labute approximate surface area is 106 Å². The van der Waals surface area contributed by atoms with Gasteiger partial charge in [-0.2, -0.15) is 0 Å². The molecular weight excluding hydrogens is 214 g/mol. The highest BCUT2D eigenvalue weighted by molar-refractivity contribution is 4.89. The highest BCUT2D eigenvalue weighted by Crippen LogP contribution is 2.37. The number of hydrogen-bond acceptors (Lipinski definition) is 3. The van der Waals surface area contributed by atoms with Gasteiger partial charge >= 0.3 is 0 Å². The number of rotatable bonds is 5. The Balaban J connectivity index is 2.40.